The molecule has 0 aliphatic carbocycles. The first-order valence-corrected chi connectivity index (χ1v) is 6.79. The topological polar surface area (TPSA) is 55.1 Å². The van der Waals surface area contributed by atoms with Crippen LogP contribution >= 0.6 is 23.4 Å². The number of carbonyl (C=O) groups is 1. The Morgan fingerprint density at radius 2 is 2.33 bits per heavy atom. The van der Waals surface area contributed by atoms with Crippen molar-refractivity contribution in [1.82, 2.24) is 4.98 Å². The summed E-state index contributed by atoms with van der Waals surface area (Å²) in [4.78, 5) is 15.6. The summed E-state index contributed by atoms with van der Waals surface area (Å²) in [6, 6.07) is 7.05. The standard InChI is InChI=1S/C12H11ClN2O2S/c13-9-3-4-11(14-6-9)15-12(16)8-18-7-10-2-1-5-17-10/h1-6H,7-8H2,(H,14,15,16). The van der Waals surface area contributed by atoms with Crippen molar-refractivity contribution < 1.29 is 9.21 Å². The zero-order valence-corrected chi connectivity index (χ0v) is 11.0. The number of nitrogens with zero attached hydrogens (tertiary/aromatic N) is 1. The van der Waals surface area contributed by atoms with Gasteiger partial charge in [0.2, 0.25) is 5.91 Å². The van der Waals surface area contributed by atoms with Gasteiger partial charge in [0.25, 0.3) is 0 Å². The van der Waals surface area contributed by atoms with Crippen LogP contribution in [0.4, 0.5) is 5.82 Å². The maximum absolute atomic E-state index is 11.6. The fourth-order valence-corrected chi connectivity index (χ4v) is 2.10. The third-order valence-electron chi connectivity index (χ3n) is 2.05. The number of thioether (sulfide) groups is 1. The molecule has 2 aromatic rings. The molecule has 0 atom stereocenters. The van der Waals surface area contributed by atoms with Gasteiger partial charge in [0.15, 0.2) is 0 Å². The highest BCUT2D eigenvalue weighted by Crippen LogP contribution is 2.13. The SMILES string of the molecule is O=C(CSCc1ccco1)Nc1ccc(Cl)cn1. The van der Waals surface area contributed by atoms with Gasteiger partial charge in [-0.2, -0.15) is 0 Å². The Bertz CT molecular complexity index is 499. The molecule has 6 heteroatoms. The zero-order valence-electron chi connectivity index (χ0n) is 9.43. The van der Waals surface area contributed by atoms with Crippen molar-refractivity contribution >= 4 is 35.1 Å². The number of hydrogen-bond acceptors (Lipinski definition) is 4. The van der Waals surface area contributed by atoms with Crippen molar-refractivity contribution in [2.24, 2.45) is 0 Å². The van der Waals surface area contributed by atoms with E-state index in [0.29, 0.717) is 22.3 Å². The van der Waals surface area contributed by atoms with Gasteiger partial charge in [-0.25, -0.2) is 4.98 Å². The lowest BCUT2D eigenvalue weighted by Gasteiger charge is -2.03. The highest BCUT2D eigenvalue weighted by molar-refractivity contribution is 7.99. The normalized spacial score (nSPS) is 10.3. The minimum atomic E-state index is -0.0959. The van der Waals surface area contributed by atoms with Crippen LogP contribution in [-0.4, -0.2) is 16.6 Å². The molecule has 1 N–H and O–H groups in total. The molecule has 0 unspecified atom stereocenters. The third kappa shape index (κ3) is 4.09. The van der Waals surface area contributed by atoms with E-state index in [2.05, 4.69) is 10.3 Å². The molecule has 0 aliphatic heterocycles. The molecule has 2 aromatic heterocycles. The smallest absolute Gasteiger partial charge is 0.235 e. The fraction of sp³-hybridized carbons (Fsp3) is 0.167. The van der Waals surface area contributed by atoms with E-state index in [1.54, 1.807) is 18.4 Å². The first-order valence-electron chi connectivity index (χ1n) is 5.25. The Kier molecular flexibility index (Phi) is 4.66. The molecule has 4 nitrogen and oxygen atoms in total. The van der Waals surface area contributed by atoms with Gasteiger partial charge < -0.3 is 9.73 Å². The predicted molar refractivity (Wildman–Crippen MR) is 72.7 cm³/mol. The number of amides is 1. The van der Waals surface area contributed by atoms with E-state index in [9.17, 15) is 4.79 Å². The minimum Gasteiger partial charge on any atom is -0.468 e. The Labute approximate surface area is 114 Å². The fourth-order valence-electron chi connectivity index (χ4n) is 1.27. The third-order valence-corrected chi connectivity index (χ3v) is 3.23. The maximum atomic E-state index is 11.6. The van der Waals surface area contributed by atoms with Crippen LogP contribution in [0, 0.1) is 0 Å². The summed E-state index contributed by atoms with van der Waals surface area (Å²) in [5.41, 5.74) is 0. The molecule has 0 radical (unpaired) electrons. The summed E-state index contributed by atoms with van der Waals surface area (Å²) >= 11 is 7.18. The summed E-state index contributed by atoms with van der Waals surface area (Å²) in [5, 5.41) is 3.23. The second kappa shape index (κ2) is 6.47. The quantitative estimate of drug-likeness (QED) is 0.915. The van der Waals surface area contributed by atoms with E-state index in [0.717, 1.165) is 5.76 Å². The Hall–Kier alpha value is -1.46. The molecule has 0 saturated carbocycles. The molecular weight excluding hydrogens is 272 g/mol. The van der Waals surface area contributed by atoms with Crippen LogP contribution < -0.4 is 5.32 Å². The first kappa shape index (κ1) is 13.0. The van der Waals surface area contributed by atoms with Gasteiger partial charge in [0.05, 0.1) is 22.8 Å². The number of anilines is 1. The number of furan rings is 1. The molecule has 2 rings (SSSR count). The second-order valence-corrected chi connectivity index (χ2v) is 4.90. The van der Waals surface area contributed by atoms with Crippen molar-refractivity contribution in [3.8, 4) is 0 Å². The summed E-state index contributed by atoms with van der Waals surface area (Å²) in [6.07, 6.45) is 3.11. The van der Waals surface area contributed by atoms with Gasteiger partial charge in [0.1, 0.15) is 11.6 Å². The molecule has 0 aromatic carbocycles. The van der Waals surface area contributed by atoms with E-state index in [1.807, 2.05) is 12.1 Å². The van der Waals surface area contributed by atoms with Crippen LogP contribution in [0.2, 0.25) is 5.02 Å². The molecule has 1 amide bonds. The molecule has 0 saturated heterocycles. The van der Waals surface area contributed by atoms with Gasteiger partial charge in [0, 0.05) is 6.20 Å². The van der Waals surface area contributed by atoms with Crippen LogP contribution in [-0.2, 0) is 10.5 Å². The van der Waals surface area contributed by atoms with Gasteiger partial charge in [-0.3, -0.25) is 4.79 Å². The highest BCUT2D eigenvalue weighted by atomic mass is 35.5. The molecule has 18 heavy (non-hydrogen) atoms. The van der Waals surface area contributed by atoms with Gasteiger partial charge in [-0.1, -0.05) is 11.6 Å². The number of pyridine rings is 1. The van der Waals surface area contributed by atoms with Crippen molar-refractivity contribution in [2.75, 3.05) is 11.1 Å². The van der Waals surface area contributed by atoms with E-state index < -0.39 is 0 Å². The van der Waals surface area contributed by atoms with Crippen molar-refractivity contribution in [1.29, 1.82) is 0 Å². The summed E-state index contributed by atoms with van der Waals surface area (Å²) in [5.74, 6) is 2.29. The summed E-state index contributed by atoms with van der Waals surface area (Å²) in [7, 11) is 0. The van der Waals surface area contributed by atoms with E-state index in [-0.39, 0.29) is 5.91 Å². The lowest BCUT2D eigenvalue weighted by Crippen LogP contribution is -2.14. The van der Waals surface area contributed by atoms with Crippen molar-refractivity contribution in [2.45, 2.75) is 5.75 Å². The number of carbonyl (C=O) groups excluding carboxylic acids is 1. The summed E-state index contributed by atoms with van der Waals surface area (Å²) < 4.78 is 5.17. The van der Waals surface area contributed by atoms with Crippen molar-refractivity contribution in [3.05, 3.63) is 47.5 Å². The minimum absolute atomic E-state index is 0.0959. The predicted octanol–water partition coefficient (Wildman–Crippen LogP) is 3.20. The van der Waals surface area contributed by atoms with Gasteiger partial charge >= 0.3 is 0 Å². The molecule has 0 bridgehead atoms. The number of aromatic nitrogens is 1. The van der Waals surface area contributed by atoms with E-state index in [1.165, 1.54) is 18.0 Å². The molecule has 0 spiro atoms. The molecule has 94 valence electrons. The van der Waals surface area contributed by atoms with Crippen LogP contribution in [0.5, 0.6) is 0 Å². The highest BCUT2D eigenvalue weighted by Gasteiger charge is 2.04. The summed E-state index contributed by atoms with van der Waals surface area (Å²) in [6.45, 7) is 0. The van der Waals surface area contributed by atoms with Gasteiger partial charge in [-0.05, 0) is 24.3 Å². The van der Waals surface area contributed by atoms with Crippen LogP contribution in [0.1, 0.15) is 5.76 Å². The molecule has 0 aliphatic rings. The Morgan fingerprint density at radius 3 is 3.00 bits per heavy atom. The van der Waals surface area contributed by atoms with E-state index in [4.69, 9.17) is 16.0 Å². The first-order chi connectivity index (χ1) is 8.74. The van der Waals surface area contributed by atoms with Crippen LogP contribution in [0.3, 0.4) is 0 Å². The number of hydrogen-bond donors (Lipinski definition) is 1. The zero-order chi connectivity index (χ0) is 12.8. The number of rotatable bonds is 5. The lowest BCUT2D eigenvalue weighted by molar-refractivity contribution is -0.113. The number of nitrogens with one attached hydrogen (secondary N) is 1. The molecule has 2 heterocycles. The monoisotopic (exact) mass is 282 g/mol. The Balaban J connectivity index is 1.73. The van der Waals surface area contributed by atoms with Crippen molar-refractivity contribution in [3.63, 3.8) is 0 Å². The van der Waals surface area contributed by atoms with E-state index >= 15 is 0 Å². The number of halogens is 1. The second-order valence-electron chi connectivity index (χ2n) is 3.48. The molecule has 0 fully saturated rings. The Morgan fingerprint density at radius 1 is 1.44 bits per heavy atom. The average molecular weight is 283 g/mol. The van der Waals surface area contributed by atoms with Gasteiger partial charge in [-0.15, -0.1) is 11.8 Å². The maximum Gasteiger partial charge on any atom is 0.235 e. The van der Waals surface area contributed by atoms with Crippen LogP contribution in [0.25, 0.3) is 0 Å². The lowest BCUT2D eigenvalue weighted by atomic mass is 10.4. The largest absolute Gasteiger partial charge is 0.468 e. The molecular formula is C12H11ClN2O2S. The van der Waals surface area contributed by atoms with Crippen LogP contribution in [0.15, 0.2) is 41.1 Å². The average Bonchev–Trinajstić information content (AvgIpc) is 2.85.